The van der Waals surface area contributed by atoms with Gasteiger partial charge in [-0.2, -0.15) is 0 Å². The molecule has 2 amide bonds. The lowest BCUT2D eigenvalue weighted by Crippen LogP contribution is -2.29. The van der Waals surface area contributed by atoms with Crippen LogP contribution in [0.15, 0.2) is 54.7 Å². The number of benzene rings is 2. The Balaban J connectivity index is 1.57. The summed E-state index contributed by atoms with van der Waals surface area (Å²) < 4.78 is 8.14. The van der Waals surface area contributed by atoms with Crippen molar-refractivity contribution in [3.05, 3.63) is 60.3 Å². The highest BCUT2D eigenvalue weighted by atomic mass is 79.9. The number of anilines is 1. The highest BCUT2D eigenvalue weighted by molar-refractivity contribution is 9.11. The quantitative estimate of drug-likeness (QED) is 0.271. The van der Waals surface area contributed by atoms with Gasteiger partial charge in [0.25, 0.3) is 5.91 Å². The Labute approximate surface area is 215 Å². The van der Waals surface area contributed by atoms with Gasteiger partial charge in [0.15, 0.2) is 0 Å². The number of nitrogens with zero attached hydrogens (tertiary/aromatic N) is 1. The second-order valence-electron chi connectivity index (χ2n) is 6.51. The molecule has 0 atom stereocenters. The summed E-state index contributed by atoms with van der Waals surface area (Å²) in [6, 6.07) is 11.2. The van der Waals surface area contributed by atoms with Gasteiger partial charge in [0.05, 0.1) is 17.7 Å². The fourth-order valence-corrected chi connectivity index (χ4v) is 6.60. The van der Waals surface area contributed by atoms with Crippen molar-refractivity contribution in [2.24, 2.45) is 0 Å². The number of thiocarbonyl (C=S) groups is 1. The molecule has 1 aliphatic rings. The minimum Gasteiger partial charge on any atom is -0.497 e. The Hall–Kier alpha value is -1.20. The summed E-state index contributed by atoms with van der Waals surface area (Å²) in [4.78, 5) is 27.2. The predicted molar refractivity (Wildman–Crippen MR) is 140 cm³/mol. The number of ether oxygens (including phenoxy) is 1. The Kier molecular flexibility index (Phi) is 8.74. The molecule has 3 rings (SSSR count). The van der Waals surface area contributed by atoms with E-state index >= 15 is 0 Å². The monoisotopic (exact) mass is 646 g/mol. The van der Waals surface area contributed by atoms with E-state index in [9.17, 15) is 9.59 Å². The number of hydrogen-bond acceptors (Lipinski definition) is 5. The average Bonchev–Trinajstić information content (AvgIpc) is 2.98. The average molecular weight is 649 g/mol. The van der Waals surface area contributed by atoms with Gasteiger partial charge in [0.1, 0.15) is 10.1 Å². The molecular formula is C21H17Br3N2O3S2. The first kappa shape index (κ1) is 24.4. The van der Waals surface area contributed by atoms with Gasteiger partial charge in [-0.05, 0) is 74.2 Å². The maximum Gasteiger partial charge on any atom is 0.266 e. The molecule has 31 heavy (non-hydrogen) atoms. The van der Waals surface area contributed by atoms with Crippen molar-refractivity contribution in [2.75, 3.05) is 19.0 Å². The van der Waals surface area contributed by atoms with Crippen molar-refractivity contribution < 1.29 is 14.3 Å². The van der Waals surface area contributed by atoms with Crippen LogP contribution in [0.1, 0.15) is 18.4 Å². The van der Waals surface area contributed by atoms with Gasteiger partial charge >= 0.3 is 0 Å². The number of nitrogens with one attached hydrogen (secondary N) is 1. The van der Waals surface area contributed by atoms with E-state index in [1.54, 1.807) is 18.1 Å². The van der Waals surface area contributed by atoms with Gasteiger partial charge in [-0.15, -0.1) is 0 Å². The van der Waals surface area contributed by atoms with Crippen LogP contribution in [0.2, 0.25) is 0 Å². The van der Waals surface area contributed by atoms with Crippen LogP contribution in [0.4, 0.5) is 5.69 Å². The number of rotatable bonds is 7. The van der Waals surface area contributed by atoms with Crippen LogP contribution in [-0.4, -0.2) is 34.7 Å². The zero-order valence-electron chi connectivity index (χ0n) is 16.3. The van der Waals surface area contributed by atoms with E-state index in [-0.39, 0.29) is 18.2 Å². The van der Waals surface area contributed by atoms with Gasteiger partial charge in [-0.3, -0.25) is 14.5 Å². The third kappa shape index (κ3) is 6.41. The topological polar surface area (TPSA) is 58.6 Å². The lowest BCUT2D eigenvalue weighted by Gasteiger charge is -2.14. The standard InChI is InChI=1S/C21H17Br3N2O3S2/c1-29-14-5-2-4-12(8-14)9-17-20(28)26(21(30)31-17)7-3-6-18(27)25-19-15(23)10-13(22)11-16(19)24/h2,4-5,8-11H,3,6-7H2,1H3,(H,25,27)/b17-9-. The molecule has 2 aromatic carbocycles. The normalized spacial score (nSPS) is 15.0. The van der Waals surface area contributed by atoms with Gasteiger partial charge in [0.2, 0.25) is 5.91 Å². The first-order valence-corrected chi connectivity index (χ1v) is 12.7. The lowest BCUT2D eigenvalue weighted by molar-refractivity contribution is -0.122. The van der Waals surface area contributed by atoms with Gasteiger partial charge < -0.3 is 10.1 Å². The number of hydrogen-bond donors (Lipinski definition) is 1. The zero-order valence-corrected chi connectivity index (χ0v) is 22.7. The zero-order chi connectivity index (χ0) is 22.5. The second-order valence-corrected chi connectivity index (χ2v) is 10.8. The van der Waals surface area contributed by atoms with E-state index in [0.717, 1.165) is 24.7 Å². The molecule has 162 valence electrons. The van der Waals surface area contributed by atoms with Gasteiger partial charge in [-0.1, -0.05) is 52.0 Å². The molecular weight excluding hydrogens is 632 g/mol. The molecule has 1 fully saturated rings. The Morgan fingerprint density at radius 3 is 2.61 bits per heavy atom. The van der Waals surface area contributed by atoms with Crippen LogP contribution in [0.25, 0.3) is 6.08 Å². The summed E-state index contributed by atoms with van der Waals surface area (Å²) in [7, 11) is 1.60. The fourth-order valence-electron chi connectivity index (χ4n) is 2.84. The van der Waals surface area contributed by atoms with Crippen LogP contribution >= 0.6 is 71.8 Å². The van der Waals surface area contributed by atoms with Crippen LogP contribution in [-0.2, 0) is 9.59 Å². The Morgan fingerprint density at radius 2 is 1.94 bits per heavy atom. The van der Waals surface area contributed by atoms with Gasteiger partial charge in [-0.25, -0.2) is 0 Å². The van der Waals surface area contributed by atoms with Crippen molar-refractivity contribution in [1.82, 2.24) is 4.90 Å². The van der Waals surface area contributed by atoms with E-state index in [4.69, 9.17) is 17.0 Å². The van der Waals surface area contributed by atoms with E-state index < -0.39 is 0 Å². The molecule has 0 unspecified atom stereocenters. The molecule has 1 heterocycles. The molecule has 0 bridgehead atoms. The third-order valence-corrected chi connectivity index (χ3v) is 7.41. The summed E-state index contributed by atoms with van der Waals surface area (Å²) in [5.74, 6) is 0.442. The maximum absolute atomic E-state index is 12.8. The number of methoxy groups -OCH3 is 1. The second kappa shape index (κ2) is 11.1. The van der Waals surface area contributed by atoms with Crippen molar-refractivity contribution in [3.63, 3.8) is 0 Å². The number of thioether (sulfide) groups is 1. The number of carbonyl (C=O) groups excluding carboxylic acids is 2. The van der Waals surface area contributed by atoms with Crippen molar-refractivity contribution >= 4 is 99.7 Å². The molecule has 0 saturated carbocycles. The summed E-state index contributed by atoms with van der Waals surface area (Å²) in [6.07, 6.45) is 2.56. The molecule has 0 aromatic heterocycles. The minimum absolute atomic E-state index is 0.138. The molecule has 10 heteroatoms. The van der Waals surface area contributed by atoms with Crippen molar-refractivity contribution in [2.45, 2.75) is 12.8 Å². The smallest absolute Gasteiger partial charge is 0.266 e. The maximum atomic E-state index is 12.8. The summed E-state index contributed by atoms with van der Waals surface area (Å²) in [6.45, 7) is 0.385. The van der Waals surface area contributed by atoms with Crippen molar-refractivity contribution in [1.29, 1.82) is 0 Å². The van der Waals surface area contributed by atoms with E-state index in [0.29, 0.717) is 27.9 Å². The Bertz CT molecular complexity index is 1050. The number of carbonyl (C=O) groups is 2. The van der Waals surface area contributed by atoms with Crippen LogP contribution < -0.4 is 10.1 Å². The number of amides is 2. The summed E-state index contributed by atoms with van der Waals surface area (Å²) >= 11 is 16.9. The first-order valence-electron chi connectivity index (χ1n) is 9.12. The third-order valence-electron chi connectivity index (χ3n) is 4.32. The van der Waals surface area contributed by atoms with Gasteiger partial charge in [0, 0.05) is 26.4 Å². The highest BCUT2D eigenvalue weighted by Gasteiger charge is 2.31. The molecule has 1 saturated heterocycles. The molecule has 0 radical (unpaired) electrons. The van der Waals surface area contributed by atoms with E-state index in [1.165, 1.54) is 11.8 Å². The Morgan fingerprint density at radius 1 is 1.23 bits per heavy atom. The highest BCUT2D eigenvalue weighted by Crippen LogP contribution is 2.35. The molecule has 5 nitrogen and oxygen atoms in total. The molecule has 2 aromatic rings. The molecule has 1 N–H and O–H groups in total. The van der Waals surface area contributed by atoms with E-state index in [2.05, 4.69) is 53.1 Å². The largest absolute Gasteiger partial charge is 0.497 e. The van der Waals surface area contributed by atoms with Crippen LogP contribution in [0.3, 0.4) is 0 Å². The number of halogens is 3. The molecule has 1 aliphatic heterocycles. The lowest BCUT2D eigenvalue weighted by atomic mass is 10.2. The molecule has 0 aliphatic carbocycles. The van der Waals surface area contributed by atoms with Crippen LogP contribution in [0.5, 0.6) is 5.75 Å². The predicted octanol–water partition coefficient (Wildman–Crippen LogP) is 6.60. The summed E-state index contributed by atoms with van der Waals surface area (Å²) in [5.41, 5.74) is 1.53. The van der Waals surface area contributed by atoms with Crippen LogP contribution in [0, 0.1) is 0 Å². The van der Waals surface area contributed by atoms with Crippen molar-refractivity contribution in [3.8, 4) is 5.75 Å². The summed E-state index contributed by atoms with van der Waals surface area (Å²) in [5, 5.41) is 2.89. The molecule has 0 spiro atoms. The SMILES string of the molecule is COc1cccc(/C=C2\SC(=S)N(CCCC(=O)Nc3c(Br)cc(Br)cc3Br)C2=O)c1. The fraction of sp³-hybridized carbons (Fsp3) is 0.190. The van der Waals surface area contributed by atoms with E-state index in [1.807, 2.05) is 36.4 Å². The first-order chi connectivity index (χ1) is 14.8. The minimum atomic E-state index is -0.142.